The molecule has 2 aromatic carbocycles. The summed E-state index contributed by atoms with van der Waals surface area (Å²) in [5.41, 5.74) is 2.79. The monoisotopic (exact) mass is 437 g/mol. The van der Waals surface area contributed by atoms with Crippen LogP contribution >= 0.6 is 11.8 Å². The van der Waals surface area contributed by atoms with E-state index in [9.17, 15) is 9.18 Å². The van der Waals surface area contributed by atoms with Crippen LogP contribution in [-0.2, 0) is 11.2 Å². The number of hydrogen-bond donors (Lipinski definition) is 1. The van der Waals surface area contributed by atoms with Crippen molar-refractivity contribution in [1.29, 1.82) is 0 Å². The summed E-state index contributed by atoms with van der Waals surface area (Å²) in [5, 5.41) is 4.95. The number of hydrogen-bond acceptors (Lipinski definition) is 4. The molecule has 4 nitrogen and oxygen atoms in total. The number of carbonyl (C=O) groups is 1. The Kier molecular flexibility index (Phi) is 7.17. The standard InChI is InChI=1S/C25H28FN3OS/c1-2-17-8-7-11-21-23(17)28-24(18-12-14-19(26)15-13-18)29-25(21)31-16-22(30)27-20-9-5-3-4-6-10-20/h7-8,11-15,20H,2-6,9-10,16H2,1H3,(H,27,30). The number of nitrogens with one attached hydrogen (secondary N) is 1. The topological polar surface area (TPSA) is 54.9 Å². The van der Waals surface area contributed by atoms with Gasteiger partial charge in [0, 0.05) is 17.0 Å². The Bertz CT molecular complexity index is 1050. The maximum atomic E-state index is 13.4. The Labute approximate surface area is 187 Å². The number of halogens is 1. The van der Waals surface area contributed by atoms with E-state index in [-0.39, 0.29) is 11.7 Å². The van der Waals surface area contributed by atoms with Gasteiger partial charge in [-0.25, -0.2) is 14.4 Å². The number of para-hydroxylation sites is 1. The van der Waals surface area contributed by atoms with Crippen LogP contribution in [0.25, 0.3) is 22.3 Å². The molecule has 0 aliphatic heterocycles. The number of carbonyl (C=O) groups excluding carboxylic acids is 1. The number of rotatable bonds is 6. The predicted molar refractivity (Wildman–Crippen MR) is 125 cm³/mol. The molecule has 1 amide bonds. The normalized spacial score (nSPS) is 15.0. The maximum Gasteiger partial charge on any atom is 0.230 e. The summed E-state index contributed by atoms with van der Waals surface area (Å²) in [7, 11) is 0. The molecule has 3 aromatic rings. The van der Waals surface area contributed by atoms with E-state index in [0.29, 0.717) is 17.6 Å². The van der Waals surface area contributed by atoms with Crippen LogP contribution in [0.5, 0.6) is 0 Å². The highest BCUT2D eigenvalue weighted by Crippen LogP contribution is 2.30. The van der Waals surface area contributed by atoms with Crippen LogP contribution in [0, 0.1) is 5.82 Å². The fourth-order valence-electron chi connectivity index (χ4n) is 4.13. The number of amides is 1. The van der Waals surface area contributed by atoms with Gasteiger partial charge in [0.2, 0.25) is 5.91 Å². The molecule has 1 saturated carbocycles. The molecule has 0 unspecified atom stereocenters. The zero-order valence-corrected chi connectivity index (χ0v) is 18.7. The summed E-state index contributed by atoms with van der Waals surface area (Å²) in [6.45, 7) is 2.10. The molecule has 0 saturated heterocycles. The number of aromatic nitrogens is 2. The molecule has 0 radical (unpaired) electrons. The van der Waals surface area contributed by atoms with Crippen molar-refractivity contribution < 1.29 is 9.18 Å². The quantitative estimate of drug-likeness (QED) is 0.295. The van der Waals surface area contributed by atoms with Gasteiger partial charge in [-0.15, -0.1) is 0 Å². The first-order valence-corrected chi connectivity index (χ1v) is 12.1. The molecule has 0 atom stereocenters. The van der Waals surface area contributed by atoms with Gasteiger partial charge in [0.1, 0.15) is 10.8 Å². The molecule has 1 N–H and O–H groups in total. The summed E-state index contributed by atoms with van der Waals surface area (Å²) in [6, 6.07) is 12.6. The molecule has 162 valence electrons. The van der Waals surface area contributed by atoms with Crippen LogP contribution in [0.3, 0.4) is 0 Å². The third kappa shape index (κ3) is 5.42. The molecule has 0 bridgehead atoms. The van der Waals surface area contributed by atoms with Crippen LogP contribution in [0.4, 0.5) is 4.39 Å². The number of benzene rings is 2. The van der Waals surface area contributed by atoms with Gasteiger partial charge in [0.15, 0.2) is 5.82 Å². The number of nitrogens with zero attached hydrogens (tertiary/aromatic N) is 2. The average molecular weight is 438 g/mol. The molecular weight excluding hydrogens is 409 g/mol. The van der Waals surface area contributed by atoms with Crippen LogP contribution in [0.1, 0.15) is 51.0 Å². The zero-order chi connectivity index (χ0) is 21.6. The van der Waals surface area contributed by atoms with E-state index in [1.54, 1.807) is 12.1 Å². The van der Waals surface area contributed by atoms with E-state index in [1.807, 2.05) is 12.1 Å². The Hall–Kier alpha value is -2.47. The molecule has 1 aromatic heterocycles. The number of aryl methyl sites for hydroxylation is 1. The third-order valence-corrected chi connectivity index (χ3v) is 6.81. The SMILES string of the molecule is CCc1cccc2c(SCC(=O)NC3CCCCCC3)nc(-c3ccc(F)cc3)nc12. The first-order valence-electron chi connectivity index (χ1n) is 11.1. The van der Waals surface area contributed by atoms with Gasteiger partial charge in [0.25, 0.3) is 0 Å². The molecule has 4 rings (SSSR count). The Morgan fingerprint density at radius 1 is 1.06 bits per heavy atom. The largest absolute Gasteiger partial charge is 0.353 e. The van der Waals surface area contributed by atoms with E-state index < -0.39 is 0 Å². The number of thioether (sulfide) groups is 1. The third-order valence-electron chi connectivity index (χ3n) is 5.82. The van der Waals surface area contributed by atoms with Crippen molar-refractivity contribution in [2.24, 2.45) is 0 Å². The second kappa shape index (κ2) is 10.2. The van der Waals surface area contributed by atoms with E-state index in [2.05, 4.69) is 18.3 Å². The van der Waals surface area contributed by atoms with Crippen molar-refractivity contribution in [3.05, 3.63) is 53.8 Å². The van der Waals surface area contributed by atoms with Crippen molar-refractivity contribution in [3.8, 4) is 11.4 Å². The van der Waals surface area contributed by atoms with Gasteiger partial charge >= 0.3 is 0 Å². The smallest absolute Gasteiger partial charge is 0.230 e. The molecule has 1 aliphatic rings. The van der Waals surface area contributed by atoms with E-state index in [1.165, 1.54) is 49.6 Å². The van der Waals surface area contributed by atoms with E-state index >= 15 is 0 Å². The fourth-order valence-corrected chi connectivity index (χ4v) is 4.96. The first-order chi connectivity index (χ1) is 15.1. The van der Waals surface area contributed by atoms with Crippen LogP contribution in [0.15, 0.2) is 47.5 Å². The Balaban J connectivity index is 1.59. The van der Waals surface area contributed by atoms with E-state index in [4.69, 9.17) is 9.97 Å². The fraction of sp³-hybridized carbons (Fsp3) is 0.400. The summed E-state index contributed by atoms with van der Waals surface area (Å²) in [6.07, 6.45) is 7.90. The van der Waals surface area contributed by atoms with Gasteiger partial charge in [-0.05, 0) is 49.1 Å². The molecule has 1 heterocycles. The molecule has 1 aliphatic carbocycles. The summed E-state index contributed by atoms with van der Waals surface area (Å²) in [5.74, 6) is 0.643. The van der Waals surface area contributed by atoms with Crippen LogP contribution in [-0.4, -0.2) is 27.7 Å². The van der Waals surface area contributed by atoms with Gasteiger partial charge in [-0.1, -0.05) is 62.6 Å². The Morgan fingerprint density at radius 3 is 2.52 bits per heavy atom. The second-order valence-electron chi connectivity index (χ2n) is 8.07. The molecule has 31 heavy (non-hydrogen) atoms. The minimum atomic E-state index is -0.288. The van der Waals surface area contributed by atoms with Crippen molar-refractivity contribution in [1.82, 2.24) is 15.3 Å². The highest BCUT2D eigenvalue weighted by molar-refractivity contribution is 8.00. The van der Waals surface area contributed by atoms with Crippen molar-refractivity contribution in [3.63, 3.8) is 0 Å². The predicted octanol–water partition coefficient (Wildman–Crippen LogP) is 5.93. The van der Waals surface area contributed by atoms with Gasteiger partial charge in [-0.3, -0.25) is 4.79 Å². The summed E-state index contributed by atoms with van der Waals surface area (Å²) < 4.78 is 13.4. The maximum absolute atomic E-state index is 13.4. The van der Waals surface area contributed by atoms with Crippen molar-refractivity contribution in [2.45, 2.75) is 62.9 Å². The highest BCUT2D eigenvalue weighted by Gasteiger charge is 2.17. The van der Waals surface area contributed by atoms with Crippen LogP contribution < -0.4 is 5.32 Å². The first kappa shape index (κ1) is 21.8. The number of fused-ring (bicyclic) bond motifs is 1. The molecule has 0 spiro atoms. The lowest BCUT2D eigenvalue weighted by atomic mass is 10.1. The molecule has 1 fully saturated rings. The minimum absolute atomic E-state index is 0.0543. The van der Waals surface area contributed by atoms with Gasteiger partial charge in [-0.2, -0.15) is 0 Å². The summed E-state index contributed by atoms with van der Waals surface area (Å²) >= 11 is 1.45. The highest BCUT2D eigenvalue weighted by atomic mass is 32.2. The summed E-state index contributed by atoms with van der Waals surface area (Å²) in [4.78, 5) is 22.2. The Morgan fingerprint density at radius 2 is 1.81 bits per heavy atom. The minimum Gasteiger partial charge on any atom is -0.353 e. The van der Waals surface area contributed by atoms with Gasteiger partial charge < -0.3 is 5.32 Å². The van der Waals surface area contributed by atoms with Gasteiger partial charge in [0.05, 0.1) is 11.3 Å². The van der Waals surface area contributed by atoms with Crippen LogP contribution in [0.2, 0.25) is 0 Å². The molecular formula is C25H28FN3OS. The molecule has 6 heteroatoms. The lowest BCUT2D eigenvalue weighted by Gasteiger charge is -2.16. The lowest BCUT2D eigenvalue weighted by molar-refractivity contribution is -0.119. The lowest BCUT2D eigenvalue weighted by Crippen LogP contribution is -2.35. The second-order valence-corrected chi connectivity index (χ2v) is 9.03. The van der Waals surface area contributed by atoms with Crippen molar-refractivity contribution >= 4 is 28.6 Å². The van der Waals surface area contributed by atoms with Crippen molar-refractivity contribution in [2.75, 3.05) is 5.75 Å². The zero-order valence-electron chi connectivity index (χ0n) is 17.9. The van der Waals surface area contributed by atoms with E-state index in [0.717, 1.165) is 46.3 Å². The average Bonchev–Trinajstić information content (AvgIpc) is 3.06.